The van der Waals surface area contributed by atoms with Crippen LogP contribution in [0.25, 0.3) is 0 Å². The molecule has 0 bridgehead atoms. The van der Waals surface area contributed by atoms with Crippen LogP contribution in [0.5, 0.6) is 0 Å². The minimum Gasteiger partial charge on any atom is -0.381 e. The molecule has 2 N–H and O–H groups in total. The largest absolute Gasteiger partial charge is 0.416 e. The van der Waals surface area contributed by atoms with Gasteiger partial charge >= 0.3 is 6.18 Å². The zero-order chi connectivity index (χ0) is 21.6. The van der Waals surface area contributed by atoms with E-state index in [4.69, 9.17) is 9.73 Å². The standard InChI is InChI=1S/C22H33F3N4O.HI/c1-3-26-20(28-17(2)18-7-6-8-19(15-18)22(23,24)25)27-16-21(9-13-30-14-10-21)29-11-4-5-12-29;/h6-8,15,17H,3-5,9-14,16H2,1-2H3,(H2,26,27,28);1H. The van der Waals surface area contributed by atoms with Crippen molar-refractivity contribution in [3.8, 4) is 0 Å². The second-order valence-electron chi connectivity index (χ2n) is 8.22. The van der Waals surface area contributed by atoms with Crippen LogP contribution >= 0.6 is 24.0 Å². The number of alkyl halides is 3. The van der Waals surface area contributed by atoms with Gasteiger partial charge in [0.1, 0.15) is 0 Å². The highest BCUT2D eigenvalue weighted by molar-refractivity contribution is 14.0. The van der Waals surface area contributed by atoms with Crippen LogP contribution in [0.15, 0.2) is 29.3 Å². The molecule has 1 atom stereocenters. The minimum atomic E-state index is -4.35. The molecule has 0 aromatic heterocycles. The predicted molar refractivity (Wildman–Crippen MR) is 128 cm³/mol. The Morgan fingerprint density at radius 3 is 2.52 bits per heavy atom. The van der Waals surface area contributed by atoms with E-state index in [0.29, 0.717) is 24.6 Å². The first-order valence-electron chi connectivity index (χ1n) is 10.9. The molecule has 2 heterocycles. The summed E-state index contributed by atoms with van der Waals surface area (Å²) in [6, 6.07) is 5.15. The average molecular weight is 554 g/mol. The number of halogens is 4. The highest BCUT2D eigenvalue weighted by atomic mass is 127. The van der Waals surface area contributed by atoms with Crippen LogP contribution in [0.2, 0.25) is 0 Å². The SMILES string of the molecule is CCNC(=NCC1(N2CCCC2)CCOCC1)NC(C)c1cccc(C(F)(F)F)c1.I. The van der Waals surface area contributed by atoms with Gasteiger partial charge in [0.15, 0.2) is 5.96 Å². The van der Waals surface area contributed by atoms with Gasteiger partial charge in [-0.05, 0) is 70.3 Å². The van der Waals surface area contributed by atoms with E-state index in [1.165, 1.54) is 25.0 Å². The normalized spacial score (nSPS) is 20.7. The average Bonchev–Trinajstić information content (AvgIpc) is 3.28. The molecule has 2 fully saturated rings. The third-order valence-electron chi connectivity index (χ3n) is 6.14. The van der Waals surface area contributed by atoms with E-state index in [2.05, 4.69) is 15.5 Å². The van der Waals surface area contributed by atoms with Crippen molar-refractivity contribution in [3.63, 3.8) is 0 Å². The van der Waals surface area contributed by atoms with E-state index in [1.54, 1.807) is 6.07 Å². The van der Waals surface area contributed by atoms with Gasteiger partial charge in [-0.25, -0.2) is 0 Å². The lowest BCUT2D eigenvalue weighted by atomic mass is 9.88. The summed E-state index contributed by atoms with van der Waals surface area (Å²) in [6.07, 6.45) is 0.00604. The second-order valence-corrected chi connectivity index (χ2v) is 8.22. The fourth-order valence-electron chi connectivity index (χ4n) is 4.34. The maximum Gasteiger partial charge on any atom is 0.416 e. The summed E-state index contributed by atoms with van der Waals surface area (Å²) >= 11 is 0. The third kappa shape index (κ3) is 6.95. The van der Waals surface area contributed by atoms with Gasteiger partial charge in [0.05, 0.1) is 18.2 Å². The van der Waals surface area contributed by atoms with Crippen LogP contribution in [0.1, 0.15) is 56.7 Å². The topological polar surface area (TPSA) is 48.9 Å². The molecule has 0 aliphatic carbocycles. The van der Waals surface area contributed by atoms with Crippen molar-refractivity contribution in [2.45, 2.75) is 57.3 Å². The Labute approximate surface area is 200 Å². The Morgan fingerprint density at radius 1 is 1.23 bits per heavy atom. The predicted octanol–water partition coefficient (Wildman–Crippen LogP) is 4.58. The molecule has 2 aliphatic rings. The molecule has 0 saturated carbocycles. The van der Waals surface area contributed by atoms with Crippen LogP contribution in [-0.2, 0) is 10.9 Å². The molecule has 5 nitrogen and oxygen atoms in total. The van der Waals surface area contributed by atoms with Gasteiger partial charge in [0, 0.05) is 25.3 Å². The number of nitrogens with one attached hydrogen (secondary N) is 2. The van der Waals surface area contributed by atoms with Crippen molar-refractivity contribution in [2.75, 3.05) is 39.4 Å². The van der Waals surface area contributed by atoms with Crippen molar-refractivity contribution in [2.24, 2.45) is 4.99 Å². The van der Waals surface area contributed by atoms with Crippen molar-refractivity contribution in [1.29, 1.82) is 0 Å². The van der Waals surface area contributed by atoms with E-state index >= 15 is 0 Å². The van der Waals surface area contributed by atoms with Gasteiger partial charge in [0.2, 0.25) is 0 Å². The number of nitrogens with zero attached hydrogens (tertiary/aromatic N) is 2. The first-order valence-corrected chi connectivity index (χ1v) is 10.9. The molecule has 2 aliphatic heterocycles. The molecule has 1 aromatic carbocycles. The molecular weight excluding hydrogens is 520 g/mol. The first kappa shape index (κ1) is 26.2. The van der Waals surface area contributed by atoms with Crippen molar-refractivity contribution >= 4 is 29.9 Å². The quantitative estimate of drug-likeness (QED) is 0.307. The lowest BCUT2D eigenvalue weighted by Crippen LogP contribution is -2.54. The minimum absolute atomic E-state index is 0. The van der Waals surface area contributed by atoms with Gasteiger partial charge in [0.25, 0.3) is 0 Å². The number of likely N-dealkylation sites (tertiary alicyclic amines) is 1. The molecule has 9 heteroatoms. The van der Waals surface area contributed by atoms with E-state index < -0.39 is 11.7 Å². The van der Waals surface area contributed by atoms with Crippen molar-refractivity contribution < 1.29 is 17.9 Å². The molecule has 0 spiro atoms. The Kier molecular flexibility index (Phi) is 9.88. The fraction of sp³-hybridized carbons (Fsp3) is 0.682. The van der Waals surface area contributed by atoms with Crippen molar-refractivity contribution in [1.82, 2.24) is 15.5 Å². The molecule has 31 heavy (non-hydrogen) atoms. The number of aliphatic imine (C=N–C) groups is 1. The Morgan fingerprint density at radius 2 is 1.90 bits per heavy atom. The third-order valence-corrected chi connectivity index (χ3v) is 6.14. The smallest absolute Gasteiger partial charge is 0.381 e. The lowest BCUT2D eigenvalue weighted by Gasteiger charge is -2.43. The van der Waals surface area contributed by atoms with Crippen molar-refractivity contribution in [3.05, 3.63) is 35.4 Å². The molecule has 1 aromatic rings. The summed E-state index contributed by atoms with van der Waals surface area (Å²) in [5.74, 6) is 0.632. The van der Waals surface area contributed by atoms with Gasteiger partial charge in [-0.3, -0.25) is 9.89 Å². The number of guanidine groups is 1. The zero-order valence-corrected chi connectivity index (χ0v) is 20.6. The monoisotopic (exact) mass is 554 g/mol. The summed E-state index contributed by atoms with van der Waals surface area (Å²) in [6.45, 7) is 8.86. The summed E-state index contributed by atoms with van der Waals surface area (Å²) in [5, 5.41) is 6.52. The summed E-state index contributed by atoms with van der Waals surface area (Å²) < 4.78 is 44.8. The first-order chi connectivity index (χ1) is 14.3. The van der Waals surface area contributed by atoms with Gasteiger partial charge < -0.3 is 15.4 Å². The highest BCUT2D eigenvalue weighted by Gasteiger charge is 2.39. The Bertz CT molecular complexity index is 717. The maximum absolute atomic E-state index is 13.1. The van der Waals surface area contributed by atoms with E-state index in [-0.39, 0.29) is 35.6 Å². The van der Waals surface area contributed by atoms with Crippen LogP contribution in [-0.4, -0.2) is 55.8 Å². The summed E-state index contributed by atoms with van der Waals surface area (Å²) in [5.41, 5.74) is -0.0437. The molecule has 2 saturated heterocycles. The lowest BCUT2D eigenvalue weighted by molar-refractivity contribution is -0.137. The van der Waals surface area contributed by atoms with E-state index in [9.17, 15) is 13.2 Å². The summed E-state index contributed by atoms with van der Waals surface area (Å²) in [7, 11) is 0. The number of hydrogen-bond donors (Lipinski definition) is 2. The van der Waals surface area contributed by atoms with E-state index in [0.717, 1.165) is 45.2 Å². The number of rotatable bonds is 6. The number of hydrogen-bond acceptors (Lipinski definition) is 3. The van der Waals surface area contributed by atoms with Crippen LogP contribution in [0.4, 0.5) is 13.2 Å². The van der Waals surface area contributed by atoms with E-state index in [1.807, 2.05) is 13.8 Å². The molecule has 3 rings (SSSR count). The molecule has 0 amide bonds. The van der Waals surface area contributed by atoms with Crippen LogP contribution in [0, 0.1) is 0 Å². The Hall–Kier alpha value is -1.07. The Balaban J connectivity index is 0.00000341. The zero-order valence-electron chi connectivity index (χ0n) is 18.3. The van der Waals surface area contributed by atoms with Gasteiger partial charge in [-0.2, -0.15) is 13.2 Å². The van der Waals surface area contributed by atoms with Crippen LogP contribution < -0.4 is 10.6 Å². The molecule has 0 radical (unpaired) electrons. The number of ether oxygens (including phenoxy) is 1. The number of benzene rings is 1. The van der Waals surface area contributed by atoms with Gasteiger partial charge in [-0.1, -0.05) is 12.1 Å². The molecule has 1 unspecified atom stereocenters. The maximum atomic E-state index is 13.1. The summed E-state index contributed by atoms with van der Waals surface area (Å²) in [4.78, 5) is 7.42. The van der Waals surface area contributed by atoms with Gasteiger partial charge in [-0.15, -0.1) is 24.0 Å². The highest BCUT2D eigenvalue weighted by Crippen LogP contribution is 2.32. The second kappa shape index (κ2) is 11.7. The fourth-order valence-corrected chi connectivity index (χ4v) is 4.34. The molecule has 176 valence electrons. The molecular formula is C22H34F3IN4O. The van der Waals surface area contributed by atoms with Crippen LogP contribution in [0.3, 0.4) is 0 Å².